The van der Waals surface area contributed by atoms with Crippen molar-refractivity contribution < 1.29 is 13.6 Å². The molecule has 0 bridgehead atoms. The largest absolute Gasteiger partial charge is 0.326 e. The third kappa shape index (κ3) is 4.56. The van der Waals surface area contributed by atoms with E-state index in [1.807, 2.05) is 0 Å². The maximum Gasteiger partial charge on any atom is 0.263 e. The smallest absolute Gasteiger partial charge is 0.263 e. The van der Waals surface area contributed by atoms with E-state index in [9.17, 15) is 13.6 Å². The summed E-state index contributed by atoms with van der Waals surface area (Å²) >= 11 is 0. The predicted molar refractivity (Wildman–Crippen MR) is 74.9 cm³/mol. The lowest BCUT2D eigenvalue weighted by Gasteiger charge is -2.22. The van der Waals surface area contributed by atoms with Crippen LogP contribution < -0.4 is 10.6 Å². The summed E-state index contributed by atoms with van der Waals surface area (Å²) in [6.07, 6.45) is 1.01. The Morgan fingerprint density at radius 1 is 1.35 bits per heavy atom. The highest BCUT2D eigenvalue weighted by Gasteiger charge is 2.15. The number of carbonyl (C=O) groups excluding carboxylic acids is 1. The zero-order valence-corrected chi connectivity index (χ0v) is 11.4. The molecule has 0 atom stereocenters. The molecule has 1 aromatic carbocycles. The molecule has 0 unspecified atom stereocenters. The summed E-state index contributed by atoms with van der Waals surface area (Å²) in [5.41, 5.74) is 0.374. The Morgan fingerprint density at radius 2 is 2.10 bits per heavy atom. The van der Waals surface area contributed by atoms with Gasteiger partial charge < -0.3 is 10.6 Å². The first-order valence-electron chi connectivity index (χ1n) is 7.04. The minimum Gasteiger partial charge on any atom is -0.326 e. The second-order valence-electron chi connectivity index (χ2n) is 5.21. The van der Waals surface area contributed by atoms with Crippen LogP contribution in [0.15, 0.2) is 24.3 Å². The average molecular weight is 282 g/mol. The van der Waals surface area contributed by atoms with Crippen LogP contribution in [0.2, 0.25) is 0 Å². The van der Waals surface area contributed by atoms with E-state index in [2.05, 4.69) is 10.6 Å². The standard InChI is InChI=1S/C15H20F2N2O/c16-15(17)12-2-1-3-13(10-12)19-14(20)5-4-11-6-8-18-9-7-11/h1-3,10-11,15,18H,4-9H2,(H,19,20). The van der Waals surface area contributed by atoms with Crippen molar-refractivity contribution in [3.63, 3.8) is 0 Å². The lowest BCUT2D eigenvalue weighted by atomic mass is 9.93. The summed E-state index contributed by atoms with van der Waals surface area (Å²) < 4.78 is 25.1. The van der Waals surface area contributed by atoms with Gasteiger partial charge in [-0.3, -0.25) is 4.79 Å². The molecule has 1 fully saturated rings. The molecule has 1 saturated heterocycles. The molecule has 110 valence electrons. The fourth-order valence-electron chi connectivity index (χ4n) is 2.48. The molecule has 0 spiro atoms. The highest BCUT2D eigenvalue weighted by atomic mass is 19.3. The normalized spacial score (nSPS) is 16.4. The highest BCUT2D eigenvalue weighted by Crippen LogP contribution is 2.22. The molecule has 0 aliphatic carbocycles. The number of nitrogens with one attached hydrogen (secondary N) is 2. The first kappa shape index (κ1) is 14.9. The van der Waals surface area contributed by atoms with Gasteiger partial charge in [0.25, 0.3) is 6.43 Å². The van der Waals surface area contributed by atoms with Gasteiger partial charge in [0.15, 0.2) is 0 Å². The van der Waals surface area contributed by atoms with Gasteiger partial charge in [-0.25, -0.2) is 8.78 Å². The molecule has 0 radical (unpaired) electrons. The van der Waals surface area contributed by atoms with E-state index in [4.69, 9.17) is 0 Å². The third-order valence-electron chi connectivity index (χ3n) is 3.66. The van der Waals surface area contributed by atoms with Crippen molar-refractivity contribution in [2.75, 3.05) is 18.4 Å². The van der Waals surface area contributed by atoms with Gasteiger partial charge >= 0.3 is 0 Å². The minimum atomic E-state index is -2.51. The number of hydrogen-bond acceptors (Lipinski definition) is 2. The van der Waals surface area contributed by atoms with E-state index in [0.29, 0.717) is 18.0 Å². The molecule has 0 saturated carbocycles. The van der Waals surface area contributed by atoms with Crippen LogP contribution in [0.5, 0.6) is 0 Å². The molecule has 20 heavy (non-hydrogen) atoms. The number of halogens is 2. The number of piperidine rings is 1. The fourth-order valence-corrected chi connectivity index (χ4v) is 2.48. The fraction of sp³-hybridized carbons (Fsp3) is 0.533. The molecule has 1 aliphatic heterocycles. The van der Waals surface area contributed by atoms with E-state index < -0.39 is 6.43 Å². The predicted octanol–water partition coefficient (Wildman–Crippen LogP) is 3.34. The number of carbonyl (C=O) groups is 1. The lowest BCUT2D eigenvalue weighted by molar-refractivity contribution is -0.116. The summed E-state index contributed by atoms with van der Waals surface area (Å²) in [5.74, 6) is 0.490. The van der Waals surface area contributed by atoms with Gasteiger partial charge in [0.05, 0.1) is 0 Å². The van der Waals surface area contributed by atoms with Crippen molar-refractivity contribution in [3.8, 4) is 0 Å². The van der Waals surface area contributed by atoms with Gasteiger partial charge in [-0.1, -0.05) is 12.1 Å². The molecule has 0 aromatic heterocycles. The van der Waals surface area contributed by atoms with E-state index in [1.54, 1.807) is 6.07 Å². The van der Waals surface area contributed by atoms with Crippen LogP contribution in [-0.2, 0) is 4.79 Å². The van der Waals surface area contributed by atoms with Crippen molar-refractivity contribution in [1.29, 1.82) is 0 Å². The van der Waals surface area contributed by atoms with Crippen LogP contribution in [0.1, 0.15) is 37.7 Å². The Morgan fingerprint density at radius 3 is 2.80 bits per heavy atom. The Labute approximate surface area is 117 Å². The van der Waals surface area contributed by atoms with Gasteiger partial charge in [-0.15, -0.1) is 0 Å². The summed E-state index contributed by atoms with van der Waals surface area (Å²) in [5, 5.41) is 5.98. The summed E-state index contributed by atoms with van der Waals surface area (Å²) in [6, 6.07) is 5.85. The third-order valence-corrected chi connectivity index (χ3v) is 3.66. The molecular formula is C15H20F2N2O. The van der Waals surface area contributed by atoms with E-state index in [0.717, 1.165) is 32.4 Å². The Balaban J connectivity index is 1.80. The van der Waals surface area contributed by atoms with Gasteiger partial charge in [0.1, 0.15) is 0 Å². The summed E-state index contributed by atoms with van der Waals surface area (Å²) in [7, 11) is 0. The molecule has 1 aromatic rings. The van der Waals surface area contributed by atoms with Crippen molar-refractivity contribution in [2.45, 2.75) is 32.1 Å². The van der Waals surface area contributed by atoms with Crippen LogP contribution in [0.3, 0.4) is 0 Å². The molecule has 3 nitrogen and oxygen atoms in total. The lowest BCUT2D eigenvalue weighted by Crippen LogP contribution is -2.28. The van der Waals surface area contributed by atoms with Crippen molar-refractivity contribution in [3.05, 3.63) is 29.8 Å². The minimum absolute atomic E-state index is 0.0684. The molecule has 1 aliphatic rings. The highest BCUT2D eigenvalue weighted by molar-refractivity contribution is 5.90. The maximum atomic E-state index is 12.6. The van der Waals surface area contributed by atoms with Crippen LogP contribution >= 0.6 is 0 Å². The number of anilines is 1. The van der Waals surface area contributed by atoms with Crippen LogP contribution in [0.25, 0.3) is 0 Å². The molecule has 2 N–H and O–H groups in total. The van der Waals surface area contributed by atoms with Gasteiger partial charge in [0, 0.05) is 17.7 Å². The van der Waals surface area contributed by atoms with Crippen molar-refractivity contribution in [1.82, 2.24) is 5.32 Å². The topological polar surface area (TPSA) is 41.1 Å². The first-order valence-corrected chi connectivity index (χ1v) is 7.04. The molecule has 2 rings (SSSR count). The SMILES string of the molecule is O=C(CCC1CCNCC1)Nc1cccc(C(F)F)c1. The van der Waals surface area contributed by atoms with Crippen molar-refractivity contribution >= 4 is 11.6 Å². The van der Waals surface area contributed by atoms with E-state index in [-0.39, 0.29) is 11.5 Å². The monoisotopic (exact) mass is 282 g/mol. The van der Waals surface area contributed by atoms with Crippen LogP contribution in [0, 0.1) is 5.92 Å². The first-order chi connectivity index (χ1) is 9.65. The van der Waals surface area contributed by atoms with E-state index in [1.165, 1.54) is 18.2 Å². The summed E-state index contributed by atoms with van der Waals surface area (Å²) in [6.45, 7) is 2.03. The van der Waals surface area contributed by atoms with E-state index >= 15 is 0 Å². The molecule has 1 heterocycles. The molecule has 1 amide bonds. The zero-order chi connectivity index (χ0) is 14.4. The van der Waals surface area contributed by atoms with Gasteiger partial charge in [-0.2, -0.15) is 0 Å². The number of alkyl halides is 2. The average Bonchev–Trinajstić information content (AvgIpc) is 2.46. The van der Waals surface area contributed by atoms with Gasteiger partial charge in [-0.05, 0) is 50.4 Å². The quantitative estimate of drug-likeness (QED) is 0.869. The number of hydrogen-bond donors (Lipinski definition) is 2. The number of rotatable bonds is 5. The Kier molecular flexibility index (Phi) is 5.47. The maximum absolute atomic E-state index is 12.6. The zero-order valence-electron chi connectivity index (χ0n) is 11.4. The van der Waals surface area contributed by atoms with Crippen molar-refractivity contribution in [2.24, 2.45) is 5.92 Å². The number of benzene rings is 1. The second kappa shape index (κ2) is 7.33. The second-order valence-corrected chi connectivity index (χ2v) is 5.21. The number of amides is 1. The molecule has 5 heteroatoms. The summed E-state index contributed by atoms with van der Waals surface area (Å²) in [4.78, 5) is 11.8. The Hall–Kier alpha value is -1.49. The molecular weight excluding hydrogens is 262 g/mol. The Bertz CT molecular complexity index is 445. The van der Waals surface area contributed by atoms with Crippen LogP contribution in [-0.4, -0.2) is 19.0 Å². The van der Waals surface area contributed by atoms with Gasteiger partial charge in [0.2, 0.25) is 5.91 Å². The van der Waals surface area contributed by atoms with Crippen LogP contribution in [0.4, 0.5) is 14.5 Å².